The molecule has 1 aliphatic heterocycles. The van der Waals surface area contributed by atoms with Gasteiger partial charge < -0.3 is 27.8 Å². The molecule has 12 heteroatoms. The second-order valence-corrected chi connectivity index (χ2v) is 24.8. The van der Waals surface area contributed by atoms with Gasteiger partial charge in [0, 0.05) is 81.0 Å². The lowest BCUT2D eigenvalue weighted by atomic mass is 9.87. The Morgan fingerprint density at radius 1 is 0.429 bits per heavy atom. The lowest BCUT2D eigenvalue weighted by Crippen LogP contribution is -2.21. The first-order chi connectivity index (χ1) is 44.1. The molecule has 0 bridgehead atoms. The third-order valence-corrected chi connectivity index (χ3v) is 16.5. The molecule has 12 nitrogen and oxygen atoms in total. The van der Waals surface area contributed by atoms with Crippen LogP contribution in [0.2, 0.25) is 0 Å². The Bertz CT molecular complexity index is 4590. The van der Waals surface area contributed by atoms with Crippen molar-refractivity contribution in [2.45, 2.75) is 72.8 Å². The topological polar surface area (TPSA) is 137 Å². The number of hydrogen-bond acceptors (Lipinski definition) is 12. The molecule has 0 N–H and O–H groups in total. The number of hydrogen-bond donors (Lipinski definition) is 0. The number of aromatic nitrogens is 5. The molecule has 0 saturated carbocycles. The van der Waals surface area contributed by atoms with Crippen LogP contribution >= 0.6 is 0 Å². The van der Waals surface area contributed by atoms with Gasteiger partial charge in [0.05, 0.1) is 0 Å². The van der Waals surface area contributed by atoms with Crippen molar-refractivity contribution in [3.05, 3.63) is 261 Å². The van der Waals surface area contributed by atoms with Gasteiger partial charge in [-0.2, -0.15) is 0 Å². The maximum atomic E-state index is 13.4. The summed E-state index contributed by atoms with van der Waals surface area (Å²) in [7, 11) is 0. The fourth-order valence-electron chi connectivity index (χ4n) is 11.1. The van der Waals surface area contributed by atoms with Crippen molar-refractivity contribution in [1.82, 2.24) is 25.4 Å². The van der Waals surface area contributed by atoms with Gasteiger partial charge in [-0.05, 0) is 179 Å². The SMILES string of the molecule is CCN(CC)c1ccc2nc3c4cc(OCc5ccc(N(c6ccc(/C=C/c7ccc(-c8nnc(-c9ccc(C(C)(C)C)cc9)o8)cc7)cc6)c6ccc(/C=C/c7ccc(-c8nnc(-c9ccc(C(C)(C)C)cc9)o8)cc7)cc6)cc5)ccc4c(=O)cc-3oc2c1. The summed E-state index contributed by atoms with van der Waals surface area (Å²) in [4.78, 5) is 22.9. The molecular formula is C79H69N7O5. The quantitative estimate of drug-likeness (QED) is 0.0487. The molecule has 13 rings (SSSR count). The average molecular weight is 1200 g/mol. The van der Waals surface area contributed by atoms with Crippen molar-refractivity contribution >= 4 is 68.9 Å². The average Bonchev–Trinajstić information content (AvgIpc) is 1.58. The van der Waals surface area contributed by atoms with Gasteiger partial charge in [0.25, 0.3) is 0 Å². The van der Waals surface area contributed by atoms with E-state index in [2.05, 4.69) is 237 Å². The smallest absolute Gasteiger partial charge is 0.248 e. The minimum absolute atomic E-state index is 0.0569. The predicted octanol–water partition coefficient (Wildman–Crippen LogP) is 19.7. The van der Waals surface area contributed by atoms with Gasteiger partial charge in [0.2, 0.25) is 23.6 Å². The van der Waals surface area contributed by atoms with Gasteiger partial charge in [0.15, 0.2) is 16.8 Å². The fraction of sp³-hybridized carbons (Fsp3) is 0.165. The summed E-state index contributed by atoms with van der Waals surface area (Å²) in [5.74, 6) is 2.99. The summed E-state index contributed by atoms with van der Waals surface area (Å²) in [6.07, 6.45) is 8.43. The van der Waals surface area contributed by atoms with Gasteiger partial charge in [-0.25, -0.2) is 4.98 Å². The first-order valence-corrected chi connectivity index (χ1v) is 30.8. The standard InChI is InChI=1S/C79H69N7O5/c1-9-85(10-2)65-43-46-69-71(47-65)89-72-49-70(87)67-45-44-66(48-68(67)73(72)80-69)88-50-55-23-41-64(42-24-55)86(62-37-19-53(20-38-62)13-11-51-15-25-56(26-16-51)74-81-83-76(90-74)58-29-33-60(34-30-58)78(3,4)5)63-39-21-54(22-40-63)14-12-52-17-27-57(28-18-52)75-82-84-77(91-75)59-31-35-61(36-32-59)79(6,7)8/h11-49H,9-10,50H2,1-8H3/b13-11+,14-12+. The maximum absolute atomic E-state index is 13.4. The molecule has 1 aliphatic carbocycles. The third kappa shape index (κ3) is 13.0. The predicted molar refractivity (Wildman–Crippen MR) is 369 cm³/mol. The molecule has 0 amide bonds. The summed E-state index contributed by atoms with van der Waals surface area (Å²) >= 11 is 0. The number of fused-ring (bicyclic) bond motifs is 4. The molecule has 3 heterocycles. The van der Waals surface area contributed by atoms with E-state index in [9.17, 15) is 4.79 Å². The van der Waals surface area contributed by atoms with Crippen molar-refractivity contribution in [2.75, 3.05) is 22.9 Å². The summed E-state index contributed by atoms with van der Waals surface area (Å²) in [6.45, 7) is 19.5. The van der Waals surface area contributed by atoms with Crippen LogP contribution < -0.4 is 20.0 Å². The highest BCUT2D eigenvalue weighted by molar-refractivity contribution is 5.97. The van der Waals surface area contributed by atoms with Crippen LogP contribution in [0.1, 0.15) is 94.3 Å². The number of anilines is 4. The zero-order chi connectivity index (χ0) is 62.8. The van der Waals surface area contributed by atoms with Crippen LogP contribution in [0.4, 0.5) is 22.7 Å². The van der Waals surface area contributed by atoms with Crippen LogP contribution in [0.25, 0.3) is 103 Å². The highest BCUT2D eigenvalue weighted by Gasteiger charge is 2.21. The van der Waals surface area contributed by atoms with E-state index in [-0.39, 0.29) is 16.3 Å². The molecule has 0 radical (unpaired) electrons. The first kappa shape index (κ1) is 59.0. The molecule has 91 heavy (non-hydrogen) atoms. The Balaban J connectivity index is 0.723. The molecule has 0 fully saturated rings. The Labute approximate surface area is 529 Å². The second-order valence-electron chi connectivity index (χ2n) is 24.8. The monoisotopic (exact) mass is 1200 g/mol. The van der Waals surface area contributed by atoms with Gasteiger partial charge >= 0.3 is 0 Å². The van der Waals surface area contributed by atoms with E-state index in [1.54, 1.807) is 0 Å². The van der Waals surface area contributed by atoms with Crippen molar-refractivity contribution < 1.29 is 18.0 Å². The van der Waals surface area contributed by atoms with E-state index >= 15 is 0 Å². The van der Waals surface area contributed by atoms with Crippen LogP contribution in [0.3, 0.4) is 0 Å². The van der Waals surface area contributed by atoms with E-state index in [0.717, 1.165) is 85.9 Å². The van der Waals surface area contributed by atoms with Gasteiger partial charge in [0.1, 0.15) is 23.6 Å². The minimum Gasteiger partial charge on any atom is -0.489 e. The second kappa shape index (κ2) is 24.9. The highest BCUT2D eigenvalue weighted by Crippen LogP contribution is 2.38. The van der Waals surface area contributed by atoms with Crippen LogP contribution in [-0.4, -0.2) is 38.5 Å². The highest BCUT2D eigenvalue weighted by atomic mass is 16.5. The Hall–Kier alpha value is -11.0. The molecule has 450 valence electrons. The number of ether oxygens (including phenoxy) is 1. The molecule has 0 saturated heterocycles. The third-order valence-electron chi connectivity index (χ3n) is 16.5. The molecular weight excluding hydrogens is 1130 g/mol. The fourth-order valence-corrected chi connectivity index (χ4v) is 11.1. The summed E-state index contributed by atoms with van der Waals surface area (Å²) in [6, 6.07) is 71.5. The summed E-state index contributed by atoms with van der Waals surface area (Å²) < 4.78 is 25.0. The number of nitrogens with zero attached hydrogens (tertiary/aromatic N) is 7. The van der Waals surface area contributed by atoms with Gasteiger partial charge in [-0.1, -0.05) is 151 Å². The van der Waals surface area contributed by atoms with E-state index < -0.39 is 0 Å². The van der Waals surface area contributed by atoms with Crippen molar-refractivity contribution in [1.29, 1.82) is 0 Å². The molecule has 2 aliphatic rings. The zero-order valence-electron chi connectivity index (χ0n) is 52.3. The number of benzene rings is 10. The van der Waals surface area contributed by atoms with Crippen LogP contribution in [0, 0.1) is 0 Å². The Morgan fingerprint density at radius 3 is 1.26 bits per heavy atom. The number of rotatable bonds is 17. The van der Waals surface area contributed by atoms with E-state index in [1.807, 2.05) is 78.9 Å². The minimum atomic E-state index is -0.134. The molecule has 11 aromatic rings. The van der Waals surface area contributed by atoms with E-state index in [0.29, 0.717) is 69.2 Å². The largest absolute Gasteiger partial charge is 0.489 e. The normalized spacial score (nSPS) is 12.0. The Kier molecular flexibility index (Phi) is 16.1. The van der Waals surface area contributed by atoms with Crippen molar-refractivity contribution in [3.8, 4) is 63.0 Å². The lowest BCUT2D eigenvalue weighted by Gasteiger charge is -2.26. The van der Waals surface area contributed by atoms with Crippen LogP contribution in [0.5, 0.6) is 5.75 Å². The maximum Gasteiger partial charge on any atom is 0.248 e. The summed E-state index contributed by atoms with van der Waals surface area (Å²) in [5, 5.41) is 18.6. The molecule has 0 unspecified atom stereocenters. The molecule has 9 aromatic carbocycles. The molecule has 0 spiro atoms. The Morgan fingerprint density at radius 2 is 0.835 bits per heavy atom. The van der Waals surface area contributed by atoms with E-state index in [4.69, 9.17) is 23.0 Å². The van der Waals surface area contributed by atoms with Crippen molar-refractivity contribution in [3.63, 3.8) is 0 Å². The van der Waals surface area contributed by atoms with Crippen molar-refractivity contribution in [2.24, 2.45) is 0 Å². The van der Waals surface area contributed by atoms with Gasteiger partial charge in [-0.3, -0.25) is 4.79 Å². The molecule has 2 aromatic heterocycles. The lowest BCUT2D eigenvalue weighted by molar-refractivity contribution is 0.306. The zero-order valence-corrected chi connectivity index (χ0v) is 52.3. The van der Waals surface area contributed by atoms with Crippen LogP contribution in [-0.2, 0) is 17.4 Å². The van der Waals surface area contributed by atoms with Crippen LogP contribution in [0.15, 0.2) is 230 Å². The molecule has 0 atom stereocenters. The first-order valence-electron chi connectivity index (χ1n) is 30.8. The summed E-state index contributed by atoms with van der Waals surface area (Å²) in [5.41, 5.74) is 17.1. The van der Waals surface area contributed by atoms with Gasteiger partial charge in [-0.15, -0.1) is 20.4 Å². The van der Waals surface area contributed by atoms with E-state index in [1.165, 1.54) is 17.2 Å².